The van der Waals surface area contributed by atoms with Gasteiger partial charge in [-0.2, -0.15) is 5.10 Å². The van der Waals surface area contributed by atoms with Gasteiger partial charge in [-0.15, -0.1) is 0 Å². The van der Waals surface area contributed by atoms with Crippen LogP contribution < -0.4 is 9.64 Å². The average Bonchev–Trinajstić information content (AvgIpc) is 3.26. The number of aromatic nitrogens is 3. The summed E-state index contributed by atoms with van der Waals surface area (Å²) >= 11 is 0. The van der Waals surface area contributed by atoms with Crippen molar-refractivity contribution in [2.75, 3.05) is 38.2 Å². The van der Waals surface area contributed by atoms with Crippen molar-refractivity contribution in [1.82, 2.24) is 19.7 Å². The second-order valence-electron chi connectivity index (χ2n) is 8.79. The monoisotopic (exact) mass is 455 g/mol. The number of carbonyl (C=O) groups excluding carboxylic acids is 1. The summed E-state index contributed by atoms with van der Waals surface area (Å²) in [6, 6.07) is 18.3. The van der Waals surface area contributed by atoms with Gasteiger partial charge in [0.25, 0.3) is 5.91 Å². The number of anilines is 1. The summed E-state index contributed by atoms with van der Waals surface area (Å²) in [5.74, 6) is 0.889. The van der Waals surface area contributed by atoms with Crippen LogP contribution in [0.2, 0.25) is 0 Å². The molecule has 2 aromatic carbocycles. The minimum absolute atomic E-state index is 0.0325. The van der Waals surface area contributed by atoms with Crippen LogP contribution in [0.5, 0.6) is 5.75 Å². The van der Waals surface area contributed by atoms with E-state index in [0.717, 1.165) is 46.8 Å². The van der Waals surface area contributed by atoms with Crippen LogP contribution in [0.4, 0.5) is 5.69 Å². The molecule has 2 aromatic heterocycles. The number of fused-ring (bicyclic) bond motifs is 1. The predicted octanol–water partition coefficient (Wildman–Crippen LogP) is 4.07. The van der Waals surface area contributed by atoms with E-state index in [4.69, 9.17) is 9.72 Å². The number of piperazine rings is 1. The van der Waals surface area contributed by atoms with Crippen LogP contribution in [0.3, 0.4) is 0 Å². The maximum absolute atomic E-state index is 13.6. The van der Waals surface area contributed by atoms with E-state index < -0.39 is 0 Å². The second kappa shape index (κ2) is 9.17. The Morgan fingerprint density at radius 1 is 1.00 bits per heavy atom. The molecule has 174 valence electrons. The molecule has 1 amide bonds. The zero-order chi connectivity index (χ0) is 23.7. The first kappa shape index (κ1) is 21.9. The lowest BCUT2D eigenvalue weighted by Gasteiger charge is -2.36. The van der Waals surface area contributed by atoms with E-state index in [1.165, 1.54) is 5.56 Å². The number of hydrogen-bond donors (Lipinski definition) is 0. The van der Waals surface area contributed by atoms with Gasteiger partial charge in [-0.1, -0.05) is 42.0 Å². The van der Waals surface area contributed by atoms with Crippen LogP contribution in [-0.2, 0) is 6.54 Å². The Balaban J connectivity index is 1.36. The summed E-state index contributed by atoms with van der Waals surface area (Å²) in [5, 5.41) is 5.38. The van der Waals surface area contributed by atoms with Gasteiger partial charge in [0.05, 0.1) is 36.5 Å². The number of aryl methyl sites for hydroxylation is 2. The highest BCUT2D eigenvalue weighted by Gasteiger charge is 2.26. The van der Waals surface area contributed by atoms with E-state index in [-0.39, 0.29) is 5.91 Å². The smallest absolute Gasteiger partial charge is 0.254 e. The van der Waals surface area contributed by atoms with Gasteiger partial charge in [0.2, 0.25) is 0 Å². The molecule has 34 heavy (non-hydrogen) atoms. The third kappa shape index (κ3) is 4.21. The van der Waals surface area contributed by atoms with E-state index in [1.54, 1.807) is 13.3 Å². The number of rotatable bonds is 5. The molecule has 1 saturated heterocycles. The van der Waals surface area contributed by atoms with Crippen molar-refractivity contribution in [2.24, 2.45) is 0 Å². The predicted molar refractivity (Wildman–Crippen MR) is 134 cm³/mol. The number of amides is 1. The SMILES string of the molecule is COc1ccccc1N1CCN(C(=O)c2cc(C)nc3c2cnn3Cc2ccc(C)cc2)CC1. The van der Waals surface area contributed by atoms with E-state index in [0.29, 0.717) is 25.2 Å². The number of pyridine rings is 1. The Kier molecular flexibility index (Phi) is 5.92. The molecule has 1 aliphatic heterocycles. The lowest BCUT2D eigenvalue weighted by molar-refractivity contribution is 0.0748. The van der Waals surface area contributed by atoms with Crippen LogP contribution in [0.1, 0.15) is 27.2 Å². The van der Waals surface area contributed by atoms with Crippen LogP contribution in [0, 0.1) is 13.8 Å². The number of benzene rings is 2. The lowest BCUT2D eigenvalue weighted by Crippen LogP contribution is -2.49. The molecule has 0 aliphatic carbocycles. The average molecular weight is 456 g/mol. The highest BCUT2D eigenvalue weighted by Crippen LogP contribution is 2.29. The van der Waals surface area contributed by atoms with Gasteiger partial charge in [0.15, 0.2) is 5.65 Å². The normalized spacial score (nSPS) is 14.0. The molecular formula is C27H29N5O2. The van der Waals surface area contributed by atoms with E-state index in [2.05, 4.69) is 47.3 Å². The number of methoxy groups -OCH3 is 1. The number of para-hydroxylation sites is 2. The molecule has 4 aromatic rings. The van der Waals surface area contributed by atoms with Crippen LogP contribution in [0.15, 0.2) is 60.8 Å². The number of ether oxygens (including phenoxy) is 1. The largest absolute Gasteiger partial charge is 0.495 e. The van der Waals surface area contributed by atoms with Crippen LogP contribution in [-0.4, -0.2) is 58.9 Å². The molecule has 5 rings (SSSR count). The summed E-state index contributed by atoms with van der Waals surface area (Å²) < 4.78 is 7.39. The quantitative estimate of drug-likeness (QED) is 0.454. The summed E-state index contributed by atoms with van der Waals surface area (Å²) in [6.07, 6.45) is 1.77. The lowest BCUT2D eigenvalue weighted by atomic mass is 10.1. The van der Waals surface area contributed by atoms with E-state index in [1.807, 2.05) is 40.8 Å². The fourth-order valence-corrected chi connectivity index (χ4v) is 4.54. The van der Waals surface area contributed by atoms with Gasteiger partial charge < -0.3 is 14.5 Å². The standard InChI is InChI=1S/C27H29N5O2/c1-19-8-10-21(11-9-19)18-32-26-23(17-28-32)22(16-20(2)29-26)27(33)31-14-12-30(13-15-31)24-6-4-5-7-25(24)34-3/h4-11,16-17H,12-15,18H2,1-3H3. The zero-order valence-corrected chi connectivity index (χ0v) is 19.9. The van der Waals surface area contributed by atoms with Gasteiger partial charge in [-0.3, -0.25) is 4.79 Å². The number of carbonyl (C=O) groups is 1. The van der Waals surface area contributed by atoms with Gasteiger partial charge in [0, 0.05) is 31.9 Å². The maximum atomic E-state index is 13.6. The summed E-state index contributed by atoms with van der Waals surface area (Å²) in [5.41, 5.74) is 5.67. The molecule has 0 unspecified atom stereocenters. The van der Waals surface area contributed by atoms with Crippen molar-refractivity contribution >= 4 is 22.6 Å². The number of hydrogen-bond acceptors (Lipinski definition) is 5. The molecule has 0 saturated carbocycles. The van der Waals surface area contributed by atoms with Crippen molar-refractivity contribution in [2.45, 2.75) is 20.4 Å². The molecule has 3 heterocycles. The minimum atomic E-state index is 0.0325. The van der Waals surface area contributed by atoms with Crippen molar-refractivity contribution in [3.63, 3.8) is 0 Å². The Morgan fingerprint density at radius 3 is 2.47 bits per heavy atom. The van der Waals surface area contributed by atoms with Gasteiger partial charge in [-0.05, 0) is 37.6 Å². The van der Waals surface area contributed by atoms with Crippen LogP contribution >= 0.6 is 0 Å². The molecule has 1 fully saturated rings. The van der Waals surface area contributed by atoms with Crippen molar-refractivity contribution < 1.29 is 9.53 Å². The Labute approximate surface area is 199 Å². The molecule has 7 nitrogen and oxygen atoms in total. The molecule has 0 bridgehead atoms. The van der Waals surface area contributed by atoms with Crippen molar-refractivity contribution in [3.05, 3.63) is 83.2 Å². The molecule has 1 aliphatic rings. The molecule has 0 radical (unpaired) electrons. The molecule has 7 heteroatoms. The highest BCUT2D eigenvalue weighted by molar-refractivity contribution is 6.05. The summed E-state index contributed by atoms with van der Waals surface area (Å²) in [7, 11) is 1.69. The van der Waals surface area contributed by atoms with Gasteiger partial charge in [-0.25, -0.2) is 9.67 Å². The van der Waals surface area contributed by atoms with Gasteiger partial charge in [0.1, 0.15) is 5.75 Å². The first-order chi connectivity index (χ1) is 16.5. The molecule has 0 atom stereocenters. The Bertz CT molecular complexity index is 1320. The Hall–Kier alpha value is -3.87. The minimum Gasteiger partial charge on any atom is -0.495 e. The molecule has 0 N–H and O–H groups in total. The highest BCUT2D eigenvalue weighted by atomic mass is 16.5. The summed E-state index contributed by atoms with van der Waals surface area (Å²) in [4.78, 5) is 22.5. The third-order valence-corrected chi connectivity index (χ3v) is 6.41. The second-order valence-corrected chi connectivity index (χ2v) is 8.79. The molecular weight excluding hydrogens is 426 g/mol. The maximum Gasteiger partial charge on any atom is 0.254 e. The fourth-order valence-electron chi connectivity index (χ4n) is 4.54. The Morgan fingerprint density at radius 2 is 1.74 bits per heavy atom. The van der Waals surface area contributed by atoms with Crippen molar-refractivity contribution in [1.29, 1.82) is 0 Å². The molecule has 0 spiro atoms. The number of nitrogens with zero attached hydrogens (tertiary/aromatic N) is 5. The van der Waals surface area contributed by atoms with E-state index in [9.17, 15) is 4.79 Å². The fraction of sp³-hybridized carbons (Fsp3) is 0.296. The van der Waals surface area contributed by atoms with E-state index >= 15 is 0 Å². The summed E-state index contributed by atoms with van der Waals surface area (Å²) in [6.45, 7) is 7.43. The van der Waals surface area contributed by atoms with Crippen LogP contribution in [0.25, 0.3) is 11.0 Å². The first-order valence-corrected chi connectivity index (χ1v) is 11.6. The zero-order valence-electron chi connectivity index (χ0n) is 19.9. The third-order valence-electron chi connectivity index (χ3n) is 6.41. The topological polar surface area (TPSA) is 63.5 Å². The van der Waals surface area contributed by atoms with Crippen molar-refractivity contribution in [3.8, 4) is 5.75 Å². The van der Waals surface area contributed by atoms with Gasteiger partial charge >= 0.3 is 0 Å². The first-order valence-electron chi connectivity index (χ1n) is 11.6.